The summed E-state index contributed by atoms with van der Waals surface area (Å²) >= 11 is 5.83. The molecule has 96 valence electrons. The van der Waals surface area contributed by atoms with Crippen molar-refractivity contribution in [3.8, 4) is 0 Å². The van der Waals surface area contributed by atoms with Crippen molar-refractivity contribution in [2.24, 2.45) is 0 Å². The highest BCUT2D eigenvalue weighted by molar-refractivity contribution is 7.89. The molecule has 0 amide bonds. The Bertz CT molecular complexity index is 448. The maximum absolute atomic E-state index is 11.9. The van der Waals surface area contributed by atoms with Crippen molar-refractivity contribution in [3.63, 3.8) is 0 Å². The van der Waals surface area contributed by atoms with Gasteiger partial charge in [0.2, 0.25) is 10.0 Å². The SMILES string of the molecule is COCCCCNS(=O)(=O)c1ccccc1Cl. The number of halogens is 1. The summed E-state index contributed by atoms with van der Waals surface area (Å²) in [5, 5.41) is 0.233. The first kappa shape index (κ1) is 14.4. The quantitative estimate of drug-likeness (QED) is 0.776. The lowest BCUT2D eigenvalue weighted by atomic mass is 10.3. The van der Waals surface area contributed by atoms with Gasteiger partial charge in [0.05, 0.1) is 5.02 Å². The molecule has 1 aromatic rings. The zero-order valence-electron chi connectivity index (χ0n) is 9.65. The van der Waals surface area contributed by atoms with E-state index < -0.39 is 10.0 Å². The molecule has 0 saturated heterocycles. The van der Waals surface area contributed by atoms with E-state index in [1.165, 1.54) is 6.07 Å². The van der Waals surface area contributed by atoms with Gasteiger partial charge >= 0.3 is 0 Å². The van der Waals surface area contributed by atoms with E-state index in [2.05, 4.69) is 4.72 Å². The van der Waals surface area contributed by atoms with Gasteiger partial charge in [0.15, 0.2) is 0 Å². The van der Waals surface area contributed by atoms with Crippen LogP contribution in [0.15, 0.2) is 29.2 Å². The topological polar surface area (TPSA) is 55.4 Å². The number of sulfonamides is 1. The number of nitrogens with one attached hydrogen (secondary N) is 1. The van der Waals surface area contributed by atoms with Gasteiger partial charge in [-0.1, -0.05) is 23.7 Å². The molecule has 0 atom stereocenters. The van der Waals surface area contributed by atoms with Crippen molar-refractivity contribution in [2.45, 2.75) is 17.7 Å². The Morgan fingerprint density at radius 2 is 2.00 bits per heavy atom. The van der Waals surface area contributed by atoms with Crippen molar-refractivity contribution in [1.82, 2.24) is 4.72 Å². The van der Waals surface area contributed by atoms with E-state index in [0.717, 1.165) is 12.8 Å². The fourth-order valence-electron chi connectivity index (χ4n) is 1.32. The Labute approximate surface area is 107 Å². The van der Waals surface area contributed by atoms with Crippen LogP contribution in [0.5, 0.6) is 0 Å². The molecule has 0 spiro atoms. The molecule has 17 heavy (non-hydrogen) atoms. The predicted octanol–water partition coefficient (Wildman–Crippen LogP) is 2.04. The summed E-state index contributed by atoms with van der Waals surface area (Å²) < 4.78 is 31.1. The molecule has 1 aromatic carbocycles. The van der Waals surface area contributed by atoms with E-state index in [0.29, 0.717) is 13.2 Å². The lowest BCUT2D eigenvalue weighted by Gasteiger charge is -2.07. The Morgan fingerprint density at radius 1 is 1.29 bits per heavy atom. The molecule has 1 rings (SSSR count). The molecule has 0 fully saturated rings. The van der Waals surface area contributed by atoms with E-state index in [4.69, 9.17) is 16.3 Å². The lowest BCUT2D eigenvalue weighted by Crippen LogP contribution is -2.25. The van der Waals surface area contributed by atoms with Crippen LogP contribution in [0, 0.1) is 0 Å². The third-order valence-corrected chi connectivity index (χ3v) is 4.15. The monoisotopic (exact) mass is 277 g/mol. The first-order valence-electron chi connectivity index (χ1n) is 5.31. The Morgan fingerprint density at radius 3 is 2.65 bits per heavy atom. The van der Waals surface area contributed by atoms with Crippen LogP contribution in [0.3, 0.4) is 0 Å². The standard InChI is InChI=1S/C11H16ClNO3S/c1-16-9-5-4-8-13-17(14,15)11-7-3-2-6-10(11)12/h2-3,6-7,13H,4-5,8-9H2,1H3. The van der Waals surface area contributed by atoms with Gasteiger partial charge in [0.1, 0.15) is 4.90 Å². The Balaban J connectivity index is 2.55. The predicted molar refractivity (Wildman–Crippen MR) is 67.8 cm³/mol. The van der Waals surface area contributed by atoms with E-state index in [1.807, 2.05) is 0 Å². The van der Waals surface area contributed by atoms with Gasteiger partial charge in [-0.2, -0.15) is 0 Å². The highest BCUT2D eigenvalue weighted by Crippen LogP contribution is 2.19. The van der Waals surface area contributed by atoms with Gasteiger partial charge < -0.3 is 4.74 Å². The molecule has 0 aliphatic carbocycles. The third kappa shape index (κ3) is 4.63. The van der Waals surface area contributed by atoms with Crippen LogP contribution in [0.25, 0.3) is 0 Å². The van der Waals surface area contributed by atoms with Gasteiger partial charge in [0.25, 0.3) is 0 Å². The second-order valence-corrected chi connectivity index (χ2v) is 5.67. The summed E-state index contributed by atoms with van der Waals surface area (Å²) in [5.41, 5.74) is 0. The van der Waals surface area contributed by atoms with Crippen molar-refractivity contribution >= 4 is 21.6 Å². The Kier molecular flexibility index (Phi) is 5.91. The third-order valence-electron chi connectivity index (χ3n) is 2.19. The second kappa shape index (κ2) is 6.96. The largest absolute Gasteiger partial charge is 0.385 e. The van der Waals surface area contributed by atoms with E-state index in [9.17, 15) is 8.42 Å². The minimum atomic E-state index is -3.50. The van der Waals surface area contributed by atoms with E-state index in [-0.39, 0.29) is 9.92 Å². The summed E-state index contributed by atoms with van der Waals surface area (Å²) in [7, 11) is -1.88. The molecule has 4 nitrogen and oxygen atoms in total. The average Bonchev–Trinajstić information content (AvgIpc) is 2.29. The summed E-state index contributed by atoms with van der Waals surface area (Å²) in [5.74, 6) is 0. The molecule has 0 radical (unpaired) electrons. The molecule has 0 aliphatic rings. The molecule has 0 unspecified atom stereocenters. The molecule has 0 aliphatic heterocycles. The van der Waals surface area contributed by atoms with Gasteiger partial charge in [-0.05, 0) is 25.0 Å². The van der Waals surface area contributed by atoms with Gasteiger partial charge in [-0.15, -0.1) is 0 Å². The van der Waals surface area contributed by atoms with Gasteiger partial charge in [0, 0.05) is 20.3 Å². The van der Waals surface area contributed by atoms with E-state index >= 15 is 0 Å². The van der Waals surface area contributed by atoms with Crippen LogP contribution < -0.4 is 4.72 Å². The average molecular weight is 278 g/mol. The zero-order valence-corrected chi connectivity index (χ0v) is 11.2. The summed E-state index contributed by atoms with van der Waals surface area (Å²) in [4.78, 5) is 0.119. The van der Waals surface area contributed by atoms with Crippen LogP contribution in [0.2, 0.25) is 5.02 Å². The minimum absolute atomic E-state index is 0.119. The maximum atomic E-state index is 11.9. The van der Waals surface area contributed by atoms with Gasteiger partial charge in [-0.25, -0.2) is 13.1 Å². The summed E-state index contributed by atoms with van der Waals surface area (Å²) in [6.07, 6.45) is 1.55. The zero-order chi connectivity index (χ0) is 12.7. The van der Waals surface area contributed by atoms with E-state index in [1.54, 1.807) is 25.3 Å². The highest BCUT2D eigenvalue weighted by atomic mass is 35.5. The normalized spacial score (nSPS) is 11.6. The number of benzene rings is 1. The van der Waals surface area contributed by atoms with Crippen molar-refractivity contribution < 1.29 is 13.2 Å². The molecule has 0 heterocycles. The highest BCUT2D eigenvalue weighted by Gasteiger charge is 2.16. The number of rotatable bonds is 7. The van der Waals surface area contributed by atoms with Crippen LogP contribution in [0.1, 0.15) is 12.8 Å². The minimum Gasteiger partial charge on any atom is -0.385 e. The molecular formula is C11H16ClNO3S. The number of methoxy groups -OCH3 is 1. The Hall–Kier alpha value is -0.620. The fourth-order valence-corrected chi connectivity index (χ4v) is 2.91. The smallest absolute Gasteiger partial charge is 0.242 e. The van der Waals surface area contributed by atoms with Crippen LogP contribution in [0.4, 0.5) is 0 Å². The molecule has 0 saturated carbocycles. The number of unbranched alkanes of at least 4 members (excludes halogenated alkanes) is 1. The van der Waals surface area contributed by atoms with Crippen molar-refractivity contribution in [3.05, 3.63) is 29.3 Å². The fraction of sp³-hybridized carbons (Fsp3) is 0.455. The van der Waals surface area contributed by atoms with Gasteiger partial charge in [-0.3, -0.25) is 0 Å². The molecule has 0 aromatic heterocycles. The maximum Gasteiger partial charge on any atom is 0.242 e. The molecule has 6 heteroatoms. The van der Waals surface area contributed by atoms with Crippen molar-refractivity contribution in [2.75, 3.05) is 20.3 Å². The summed E-state index contributed by atoms with van der Waals surface area (Å²) in [6.45, 7) is 1.02. The molecule has 0 bridgehead atoms. The van der Waals surface area contributed by atoms with Crippen LogP contribution in [-0.4, -0.2) is 28.7 Å². The summed E-state index contributed by atoms with van der Waals surface area (Å²) in [6, 6.07) is 6.38. The number of hydrogen-bond acceptors (Lipinski definition) is 3. The second-order valence-electron chi connectivity index (χ2n) is 3.53. The molecular weight excluding hydrogens is 262 g/mol. The van der Waals surface area contributed by atoms with Crippen molar-refractivity contribution in [1.29, 1.82) is 0 Å². The lowest BCUT2D eigenvalue weighted by molar-refractivity contribution is 0.193. The first-order valence-corrected chi connectivity index (χ1v) is 7.17. The first-order chi connectivity index (χ1) is 8.08. The number of ether oxygens (including phenoxy) is 1. The van der Waals surface area contributed by atoms with Crippen LogP contribution >= 0.6 is 11.6 Å². The molecule has 1 N–H and O–H groups in total. The number of hydrogen-bond donors (Lipinski definition) is 1. The van der Waals surface area contributed by atoms with Crippen LogP contribution in [-0.2, 0) is 14.8 Å².